The van der Waals surface area contributed by atoms with Crippen LogP contribution in [0.4, 0.5) is 0 Å². The zero-order valence-corrected chi connectivity index (χ0v) is 12.3. The minimum Gasteiger partial charge on any atom is -0.326 e. The predicted octanol–water partition coefficient (Wildman–Crippen LogP) is 1.92. The van der Waals surface area contributed by atoms with Gasteiger partial charge in [0.1, 0.15) is 0 Å². The fraction of sp³-hybridized carbons (Fsp3) is 1.00. The quantitative estimate of drug-likeness (QED) is 0.812. The van der Waals surface area contributed by atoms with Crippen molar-refractivity contribution in [3.05, 3.63) is 0 Å². The van der Waals surface area contributed by atoms with Crippen molar-refractivity contribution in [3.8, 4) is 0 Å². The Bertz CT molecular complexity index is 230. The number of nitrogens with zero attached hydrogens (tertiary/aromatic N) is 2. The molecule has 0 aromatic carbocycles. The summed E-state index contributed by atoms with van der Waals surface area (Å²) in [6.45, 7) is 10.6. The monoisotopic (exact) mass is 253 g/mol. The molecule has 3 heteroatoms. The van der Waals surface area contributed by atoms with Crippen molar-refractivity contribution in [2.45, 2.75) is 58.0 Å². The van der Waals surface area contributed by atoms with E-state index in [0.29, 0.717) is 6.04 Å². The molecule has 1 saturated heterocycles. The van der Waals surface area contributed by atoms with Gasteiger partial charge < -0.3 is 5.73 Å². The van der Waals surface area contributed by atoms with Gasteiger partial charge in [0, 0.05) is 44.8 Å². The number of hydrogen-bond donors (Lipinski definition) is 1. The van der Waals surface area contributed by atoms with E-state index in [1.165, 1.54) is 58.3 Å². The molecule has 18 heavy (non-hydrogen) atoms. The fourth-order valence-electron chi connectivity index (χ4n) is 3.48. The highest BCUT2D eigenvalue weighted by atomic mass is 15.3. The molecule has 106 valence electrons. The van der Waals surface area contributed by atoms with E-state index < -0.39 is 0 Å². The Morgan fingerprint density at radius 3 is 2.28 bits per heavy atom. The number of nitrogens with two attached hydrogens (primary N) is 1. The molecule has 1 heterocycles. The third kappa shape index (κ3) is 3.69. The molecule has 0 aromatic heterocycles. The van der Waals surface area contributed by atoms with Crippen LogP contribution in [-0.2, 0) is 0 Å². The van der Waals surface area contributed by atoms with Gasteiger partial charge in [-0.2, -0.15) is 0 Å². The zero-order chi connectivity index (χ0) is 13.0. The van der Waals surface area contributed by atoms with Gasteiger partial charge in [-0.15, -0.1) is 0 Å². The first-order valence-electron chi connectivity index (χ1n) is 7.92. The molecule has 3 nitrogen and oxygen atoms in total. The summed E-state index contributed by atoms with van der Waals surface area (Å²) in [6, 6.07) is 1.17. The van der Waals surface area contributed by atoms with Crippen molar-refractivity contribution in [1.29, 1.82) is 0 Å². The first kappa shape index (κ1) is 14.3. The molecule has 0 bridgehead atoms. The van der Waals surface area contributed by atoms with E-state index in [-0.39, 0.29) is 0 Å². The summed E-state index contributed by atoms with van der Waals surface area (Å²) in [5, 5.41) is 0. The van der Waals surface area contributed by atoms with Crippen molar-refractivity contribution >= 4 is 0 Å². The van der Waals surface area contributed by atoms with Gasteiger partial charge in [-0.25, -0.2) is 0 Å². The van der Waals surface area contributed by atoms with Crippen LogP contribution >= 0.6 is 0 Å². The lowest BCUT2D eigenvalue weighted by atomic mass is 9.98. The maximum absolute atomic E-state index is 6.38. The molecule has 1 aliphatic carbocycles. The molecule has 0 spiro atoms. The van der Waals surface area contributed by atoms with E-state index in [1.807, 2.05) is 0 Å². The predicted molar refractivity (Wildman–Crippen MR) is 77.7 cm³/mol. The van der Waals surface area contributed by atoms with Crippen molar-refractivity contribution in [1.82, 2.24) is 9.80 Å². The summed E-state index contributed by atoms with van der Waals surface area (Å²) >= 11 is 0. The van der Waals surface area contributed by atoms with E-state index in [9.17, 15) is 0 Å². The first-order chi connectivity index (χ1) is 8.70. The Kier molecular flexibility index (Phi) is 5.46. The van der Waals surface area contributed by atoms with Crippen LogP contribution in [0, 0.1) is 5.92 Å². The van der Waals surface area contributed by atoms with Crippen LogP contribution in [0.25, 0.3) is 0 Å². The van der Waals surface area contributed by atoms with Crippen LogP contribution in [0.2, 0.25) is 0 Å². The van der Waals surface area contributed by atoms with E-state index in [2.05, 4.69) is 23.6 Å². The standard InChI is InChI=1S/C15H31N3/c1-3-13(2)18-10-8-17(9-11-18)12-15(16)14-6-4-5-7-14/h13-15H,3-12,16H2,1-2H3. The summed E-state index contributed by atoms with van der Waals surface area (Å²) in [6.07, 6.45) is 6.81. The second kappa shape index (κ2) is 6.88. The highest BCUT2D eigenvalue weighted by Crippen LogP contribution is 2.27. The average Bonchev–Trinajstić information content (AvgIpc) is 2.92. The van der Waals surface area contributed by atoms with Crippen LogP contribution in [0.15, 0.2) is 0 Å². The first-order valence-corrected chi connectivity index (χ1v) is 7.92. The van der Waals surface area contributed by atoms with Crippen LogP contribution < -0.4 is 5.73 Å². The molecule has 1 aliphatic heterocycles. The molecular weight excluding hydrogens is 222 g/mol. The number of piperazine rings is 1. The summed E-state index contributed by atoms with van der Waals surface area (Å²) in [7, 11) is 0. The molecule has 2 unspecified atom stereocenters. The third-order valence-electron chi connectivity index (χ3n) is 5.10. The number of rotatable bonds is 5. The van der Waals surface area contributed by atoms with Gasteiger partial charge in [-0.1, -0.05) is 19.8 Å². The minimum absolute atomic E-state index is 0.419. The van der Waals surface area contributed by atoms with E-state index in [1.54, 1.807) is 0 Å². The second-order valence-corrected chi connectivity index (χ2v) is 6.30. The molecule has 0 radical (unpaired) electrons. The minimum atomic E-state index is 0.419. The maximum atomic E-state index is 6.38. The van der Waals surface area contributed by atoms with Gasteiger partial charge in [-0.05, 0) is 32.1 Å². The van der Waals surface area contributed by atoms with Gasteiger partial charge in [0.25, 0.3) is 0 Å². The van der Waals surface area contributed by atoms with Crippen LogP contribution in [0.3, 0.4) is 0 Å². The Hall–Kier alpha value is -0.120. The van der Waals surface area contributed by atoms with Crippen LogP contribution in [0.5, 0.6) is 0 Å². The Morgan fingerprint density at radius 2 is 1.72 bits per heavy atom. The normalized spacial score (nSPS) is 27.5. The molecule has 2 atom stereocenters. The molecule has 0 aromatic rings. The Balaban J connectivity index is 1.69. The molecule has 2 fully saturated rings. The Labute approximate surface area is 113 Å². The van der Waals surface area contributed by atoms with Gasteiger partial charge >= 0.3 is 0 Å². The highest BCUT2D eigenvalue weighted by molar-refractivity contribution is 4.83. The molecule has 2 aliphatic rings. The molecule has 2 N–H and O–H groups in total. The van der Waals surface area contributed by atoms with E-state index in [4.69, 9.17) is 5.73 Å². The smallest absolute Gasteiger partial charge is 0.0196 e. The van der Waals surface area contributed by atoms with E-state index >= 15 is 0 Å². The Morgan fingerprint density at radius 1 is 1.11 bits per heavy atom. The third-order valence-corrected chi connectivity index (χ3v) is 5.10. The topological polar surface area (TPSA) is 32.5 Å². The summed E-state index contributed by atoms with van der Waals surface area (Å²) in [4.78, 5) is 5.21. The molecule has 1 saturated carbocycles. The highest BCUT2D eigenvalue weighted by Gasteiger charge is 2.26. The van der Waals surface area contributed by atoms with Crippen molar-refractivity contribution in [2.24, 2.45) is 11.7 Å². The van der Waals surface area contributed by atoms with Crippen molar-refractivity contribution < 1.29 is 0 Å². The molecular formula is C15H31N3. The fourth-order valence-corrected chi connectivity index (χ4v) is 3.48. The maximum Gasteiger partial charge on any atom is 0.0196 e. The second-order valence-electron chi connectivity index (χ2n) is 6.30. The van der Waals surface area contributed by atoms with Gasteiger partial charge in [0.05, 0.1) is 0 Å². The molecule has 0 amide bonds. The summed E-state index contributed by atoms with van der Waals surface area (Å²) < 4.78 is 0. The van der Waals surface area contributed by atoms with Gasteiger partial charge in [0.2, 0.25) is 0 Å². The van der Waals surface area contributed by atoms with Crippen LogP contribution in [-0.4, -0.2) is 54.6 Å². The lowest BCUT2D eigenvalue weighted by molar-refractivity contribution is 0.0922. The average molecular weight is 253 g/mol. The van der Waals surface area contributed by atoms with Gasteiger partial charge in [0.15, 0.2) is 0 Å². The zero-order valence-electron chi connectivity index (χ0n) is 12.3. The van der Waals surface area contributed by atoms with Crippen LogP contribution in [0.1, 0.15) is 46.0 Å². The largest absolute Gasteiger partial charge is 0.326 e. The summed E-state index contributed by atoms with van der Waals surface area (Å²) in [5.74, 6) is 0.803. The van der Waals surface area contributed by atoms with E-state index in [0.717, 1.165) is 18.5 Å². The molecule has 2 rings (SSSR count). The van der Waals surface area contributed by atoms with Crippen molar-refractivity contribution in [3.63, 3.8) is 0 Å². The van der Waals surface area contributed by atoms with Gasteiger partial charge in [-0.3, -0.25) is 9.80 Å². The SMILES string of the molecule is CCC(C)N1CCN(CC(N)C2CCCC2)CC1. The number of hydrogen-bond acceptors (Lipinski definition) is 3. The van der Waals surface area contributed by atoms with Crippen molar-refractivity contribution in [2.75, 3.05) is 32.7 Å². The lowest BCUT2D eigenvalue weighted by Gasteiger charge is -2.39. The summed E-state index contributed by atoms with van der Waals surface area (Å²) in [5.41, 5.74) is 6.38. The lowest BCUT2D eigenvalue weighted by Crippen LogP contribution is -2.52.